The minimum atomic E-state index is 0.456. The summed E-state index contributed by atoms with van der Waals surface area (Å²) in [6, 6.07) is 1.81. The Hall–Kier alpha value is -0.960. The molecule has 0 fully saturated rings. The average molecular weight is 258 g/mol. The maximum absolute atomic E-state index is 6.06. The van der Waals surface area contributed by atoms with Crippen LogP contribution >= 0.6 is 11.6 Å². The number of hydrogen-bond acceptors (Lipinski definition) is 3. The fourth-order valence-electron chi connectivity index (χ4n) is 1.52. The van der Waals surface area contributed by atoms with Crippen LogP contribution in [0.4, 0.5) is 0 Å². The Morgan fingerprint density at radius 3 is 2.65 bits per heavy atom. The molecule has 0 atom stereocenters. The highest BCUT2D eigenvalue weighted by atomic mass is 35.5. The molecule has 0 radical (unpaired) electrons. The predicted octanol–water partition coefficient (Wildman–Crippen LogP) is 3.87. The first-order valence-corrected chi connectivity index (χ1v) is 6.26. The van der Waals surface area contributed by atoms with E-state index in [-0.39, 0.29) is 0 Å². The zero-order valence-electron chi connectivity index (χ0n) is 10.9. The molecule has 96 valence electrons. The van der Waals surface area contributed by atoms with E-state index >= 15 is 0 Å². The zero-order valence-corrected chi connectivity index (χ0v) is 11.7. The molecule has 0 saturated heterocycles. The molecule has 0 bridgehead atoms. The Labute approximate surface area is 108 Å². The molecule has 3 nitrogen and oxygen atoms in total. The number of rotatable bonds is 6. The van der Waals surface area contributed by atoms with Crippen molar-refractivity contribution in [3.05, 3.63) is 16.7 Å². The lowest BCUT2D eigenvalue weighted by atomic mass is 10.1. The fourth-order valence-corrected chi connectivity index (χ4v) is 1.78. The number of halogens is 1. The fraction of sp³-hybridized carbons (Fsp3) is 0.615. The Morgan fingerprint density at radius 2 is 2.06 bits per heavy atom. The van der Waals surface area contributed by atoms with Crippen molar-refractivity contribution in [1.29, 1.82) is 0 Å². The highest BCUT2D eigenvalue weighted by Gasteiger charge is 2.09. The van der Waals surface area contributed by atoms with Gasteiger partial charge in [0.15, 0.2) is 0 Å². The molecule has 17 heavy (non-hydrogen) atoms. The van der Waals surface area contributed by atoms with Crippen molar-refractivity contribution in [1.82, 2.24) is 4.98 Å². The predicted molar refractivity (Wildman–Crippen MR) is 70.1 cm³/mol. The van der Waals surface area contributed by atoms with Gasteiger partial charge in [0.25, 0.3) is 0 Å². The topological polar surface area (TPSA) is 31.4 Å². The first kappa shape index (κ1) is 14.1. The number of pyridine rings is 1. The average Bonchev–Trinajstić information content (AvgIpc) is 2.26. The van der Waals surface area contributed by atoms with Crippen LogP contribution in [0.2, 0.25) is 5.02 Å². The van der Waals surface area contributed by atoms with Gasteiger partial charge in [-0.25, -0.2) is 0 Å². The molecule has 0 aliphatic carbocycles. The number of ether oxygens (including phenoxy) is 2. The third kappa shape index (κ3) is 4.43. The van der Waals surface area contributed by atoms with E-state index in [0.29, 0.717) is 29.3 Å². The molecule has 0 saturated carbocycles. The van der Waals surface area contributed by atoms with Gasteiger partial charge >= 0.3 is 0 Å². The van der Waals surface area contributed by atoms with Crippen LogP contribution in [0.1, 0.15) is 32.3 Å². The third-order valence-corrected chi connectivity index (χ3v) is 2.72. The molecule has 1 heterocycles. The molecule has 0 amide bonds. The smallest absolute Gasteiger partial charge is 0.235 e. The summed E-state index contributed by atoms with van der Waals surface area (Å²) in [5.41, 5.74) is 0.909. The van der Waals surface area contributed by atoms with E-state index < -0.39 is 0 Å². The molecule has 0 spiro atoms. The minimum absolute atomic E-state index is 0.456. The van der Waals surface area contributed by atoms with E-state index in [0.717, 1.165) is 18.4 Å². The van der Waals surface area contributed by atoms with Crippen LogP contribution in [0, 0.1) is 12.8 Å². The Kier molecular flexibility index (Phi) is 5.56. The standard InChI is InChI=1S/C13H20ClNO2/c1-9(2)6-5-7-17-13-11(14)8-10(3)12(15-13)16-4/h8-9H,5-7H2,1-4H3. The summed E-state index contributed by atoms with van der Waals surface area (Å²) in [7, 11) is 1.59. The highest BCUT2D eigenvalue weighted by Crippen LogP contribution is 2.28. The largest absolute Gasteiger partial charge is 0.481 e. The number of aromatic nitrogens is 1. The Balaban J connectivity index is 2.58. The lowest BCUT2D eigenvalue weighted by molar-refractivity contribution is 0.281. The van der Waals surface area contributed by atoms with E-state index in [1.54, 1.807) is 7.11 Å². The molecule has 1 aromatic rings. The summed E-state index contributed by atoms with van der Waals surface area (Å²) >= 11 is 6.06. The SMILES string of the molecule is COc1nc(OCCCC(C)C)c(Cl)cc1C. The minimum Gasteiger partial charge on any atom is -0.481 e. The van der Waals surface area contributed by atoms with Crippen LogP contribution in [-0.2, 0) is 0 Å². The van der Waals surface area contributed by atoms with Gasteiger partial charge in [-0.05, 0) is 31.7 Å². The van der Waals surface area contributed by atoms with E-state index in [2.05, 4.69) is 18.8 Å². The highest BCUT2D eigenvalue weighted by molar-refractivity contribution is 6.31. The second kappa shape index (κ2) is 6.70. The van der Waals surface area contributed by atoms with Crippen molar-refractivity contribution < 1.29 is 9.47 Å². The Bertz CT molecular complexity index is 367. The molecule has 0 N–H and O–H groups in total. The van der Waals surface area contributed by atoms with Gasteiger partial charge in [0.1, 0.15) is 5.02 Å². The summed E-state index contributed by atoms with van der Waals surface area (Å²) in [6.45, 7) is 6.93. The van der Waals surface area contributed by atoms with E-state index in [9.17, 15) is 0 Å². The van der Waals surface area contributed by atoms with Gasteiger partial charge in [-0.3, -0.25) is 0 Å². The van der Waals surface area contributed by atoms with Crippen molar-refractivity contribution in [3.63, 3.8) is 0 Å². The molecule has 0 unspecified atom stereocenters. The molecule has 1 rings (SSSR count). The quantitative estimate of drug-likeness (QED) is 0.725. The van der Waals surface area contributed by atoms with Crippen molar-refractivity contribution in [2.24, 2.45) is 5.92 Å². The second-order valence-corrected chi connectivity index (χ2v) is 4.89. The van der Waals surface area contributed by atoms with Gasteiger partial charge in [0.05, 0.1) is 13.7 Å². The van der Waals surface area contributed by atoms with Crippen molar-refractivity contribution in [2.45, 2.75) is 33.6 Å². The monoisotopic (exact) mass is 257 g/mol. The van der Waals surface area contributed by atoms with Gasteiger partial charge in [-0.2, -0.15) is 4.98 Å². The maximum atomic E-state index is 6.06. The number of methoxy groups -OCH3 is 1. The molecule has 4 heteroatoms. The van der Waals surface area contributed by atoms with Crippen molar-refractivity contribution >= 4 is 11.6 Å². The molecule has 0 aliphatic heterocycles. The van der Waals surface area contributed by atoms with E-state index in [1.165, 1.54) is 0 Å². The molecule has 1 aromatic heterocycles. The van der Waals surface area contributed by atoms with Crippen LogP contribution in [0.3, 0.4) is 0 Å². The van der Waals surface area contributed by atoms with Crippen molar-refractivity contribution in [2.75, 3.05) is 13.7 Å². The third-order valence-electron chi connectivity index (χ3n) is 2.45. The lowest BCUT2D eigenvalue weighted by Gasteiger charge is -2.10. The second-order valence-electron chi connectivity index (χ2n) is 4.49. The first-order chi connectivity index (χ1) is 8.04. The van der Waals surface area contributed by atoms with Gasteiger partial charge in [-0.15, -0.1) is 0 Å². The van der Waals surface area contributed by atoms with Crippen LogP contribution in [0.25, 0.3) is 0 Å². The van der Waals surface area contributed by atoms with Crippen LogP contribution in [-0.4, -0.2) is 18.7 Å². The number of nitrogens with zero attached hydrogens (tertiary/aromatic N) is 1. The summed E-state index contributed by atoms with van der Waals surface area (Å²) < 4.78 is 10.7. The first-order valence-electron chi connectivity index (χ1n) is 5.88. The molecule has 0 aromatic carbocycles. The summed E-state index contributed by atoms with van der Waals surface area (Å²) in [6.07, 6.45) is 2.15. The Morgan fingerprint density at radius 1 is 1.35 bits per heavy atom. The summed E-state index contributed by atoms with van der Waals surface area (Å²) in [5.74, 6) is 1.71. The summed E-state index contributed by atoms with van der Waals surface area (Å²) in [5, 5.41) is 0.535. The van der Waals surface area contributed by atoms with E-state index in [1.807, 2.05) is 13.0 Å². The van der Waals surface area contributed by atoms with Crippen molar-refractivity contribution in [3.8, 4) is 11.8 Å². The van der Waals surface area contributed by atoms with Gasteiger partial charge in [0.2, 0.25) is 11.8 Å². The molecule has 0 aliphatic rings. The van der Waals surface area contributed by atoms with Gasteiger partial charge in [-0.1, -0.05) is 25.4 Å². The van der Waals surface area contributed by atoms with Crippen LogP contribution in [0.15, 0.2) is 6.07 Å². The zero-order chi connectivity index (χ0) is 12.8. The maximum Gasteiger partial charge on any atom is 0.235 e. The number of aryl methyl sites for hydroxylation is 1. The molecular weight excluding hydrogens is 238 g/mol. The van der Waals surface area contributed by atoms with Gasteiger partial charge < -0.3 is 9.47 Å². The lowest BCUT2D eigenvalue weighted by Crippen LogP contribution is -2.03. The number of hydrogen-bond donors (Lipinski definition) is 0. The summed E-state index contributed by atoms with van der Waals surface area (Å²) in [4.78, 5) is 4.23. The van der Waals surface area contributed by atoms with E-state index in [4.69, 9.17) is 21.1 Å². The van der Waals surface area contributed by atoms with Crippen LogP contribution < -0.4 is 9.47 Å². The molecular formula is C13H20ClNO2. The van der Waals surface area contributed by atoms with Gasteiger partial charge in [0, 0.05) is 5.56 Å². The van der Waals surface area contributed by atoms with Crippen LogP contribution in [0.5, 0.6) is 11.8 Å². The normalized spacial score (nSPS) is 10.7.